The smallest absolute Gasteiger partial charge is 0.255 e. The van der Waals surface area contributed by atoms with Crippen molar-refractivity contribution in [2.45, 2.75) is 31.1 Å². The van der Waals surface area contributed by atoms with E-state index in [1.54, 1.807) is 140 Å². The lowest BCUT2D eigenvalue weighted by atomic mass is 10.0. The van der Waals surface area contributed by atoms with Gasteiger partial charge in [0.25, 0.3) is 23.6 Å². The van der Waals surface area contributed by atoms with E-state index < -0.39 is 65.2 Å². The molecule has 0 unspecified atom stereocenters. The first kappa shape index (κ1) is 87.6. The van der Waals surface area contributed by atoms with Gasteiger partial charge in [-0.05, 0) is 180 Å². The zero-order chi connectivity index (χ0) is 81.0. The first-order chi connectivity index (χ1) is 53.5. The monoisotopic (exact) mass is 1730 g/mol. The number of carbonyl (C=O) groups is 4. The molecule has 0 saturated heterocycles. The minimum absolute atomic E-state index is 0. The molecule has 0 aliphatic heterocycles. The van der Waals surface area contributed by atoms with Crippen molar-refractivity contribution in [1.29, 1.82) is 21.0 Å². The summed E-state index contributed by atoms with van der Waals surface area (Å²) in [7, 11) is 0. The predicted octanol–water partition coefficient (Wildman–Crippen LogP) is 21.8. The maximum Gasteiger partial charge on any atom is 0.255 e. The summed E-state index contributed by atoms with van der Waals surface area (Å²) in [6.45, 7) is 1.78. The molecule has 17 nitrogen and oxygen atoms in total. The van der Waals surface area contributed by atoms with Crippen molar-refractivity contribution in [3.8, 4) is 24.3 Å². The lowest BCUT2D eigenvalue weighted by molar-refractivity contribution is 0.0930. The van der Waals surface area contributed by atoms with Crippen molar-refractivity contribution in [3.63, 3.8) is 0 Å². The molecule has 113 heavy (non-hydrogen) atoms. The van der Waals surface area contributed by atoms with E-state index in [-0.39, 0.29) is 65.5 Å². The Labute approximate surface area is 698 Å². The SMILES string of the molecule is Cc1cc(C(=O)N[C@@H](c2ccc(Cl)cc2)c2ncc(Cl)cc2Cl)ccc1C#N.N#Cc1ccc(C(=O)N[C@@H](c2ccc(Cl)cc2)c2ncc(Cl)cc2Cl)c(F)c1.N#Cc1ccc(C(=O)N[C@@H](c2ccc(Cl)cc2)c2ncc(Cl)cc2Cl)cc1F.N#Cc1ccc(C(=O)N[C@@H](c2ccc(Cl)cc2)c2ncc(Cl)cc2F)cc1F.[OH-]. The van der Waals surface area contributed by atoms with Crippen molar-refractivity contribution < 1.29 is 42.2 Å². The summed E-state index contributed by atoms with van der Waals surface area (Å²) in [6, 6.07) is 52.4. The molecule has 4 aromatic heterocycles. The number of pyridine rings is 4. The Morgan fingerprint density at radius 2 is 0.619 bits per heavy atom. The van der Waals surface area contributed by atoms with Gasteiger partial charge in [-0.3, -0.25) is 39.1 Å². The highest BCUT2D eigenvalue weighted by Gasteiger charge is 2.28. The van der Waals surface area contributed by atoms with Crippen LogP contribution < -0.4 is 21.3 Å². The van der Waals surface area contributed by atoms with Crippen molar-refractivity contribution >= 4 is 151 Å². The number of halogens is 15. The molecule has 0 aliphatic rings. The van der Waals surface area contributed by atoms with Crippen LogP contribution in [0.5, 0.6) is 0 Å². The fourth-order valence-corrected chi connectivity index (χ4v) is 12.6. The number of hydrogen-bond donors (Lipinski definition) is 4. The summed E-state index contributed by atoms with van der Waals surface area (Å²) in [5.74, 6) is -5.35. The molecule has 12 rings (SSSR count). The van der Waals surface area contributed by atoms with Gasteiger partial charge < -0.3 is 26.7 Å². The molecule has 0 fully saturated rings. The molecule has 0 radical (unpaired) electrons. The third-order valence-electron chi connectivity index (χ3n) is 16.0. The van der Waals surface area contributed by atoms with E-state index in [0.29, 0.717) is 85.1 Å². The number of carbonyl (C=O) groups excluding carboxylic acids is 4. The molecular weight excluding hydrogens is 1690 g/mol. The Bertz CT molecular complexity index is 5310. The number of nitrogens with one attached hydrogen (secondary N) is 4. The average molecular weight is 1740 g/mol. The highest BCUT2D eigenvalue weighted by Crippen LogP contribution is 2.35. The topological polar surface area (TPSA) is 293 Å². The third kappa shape index (κ3) is 23.6. The molecular formula is C81H48Cl11F4N12O5-. The van der Waals surface area contributed by atoms with Gasteiger partial charge in [-0.2, -0.15) is 21.0 Å². The Balaban J connectivity index is 0.000000188. The van der Waals surface area contributed by atoms with Gasteiger partial charge in [0, 0.05) is 61.6 Å². The van der Waals surface area contributed by atoms with Gasteiger partial charge in [-0.15, -0.1) is 0 Å². The summed E-state index contributed by atoms with van der Waals surface area (Å²) < 4.78 is 56.4. The molecule has 0 saturated carbocycles. The van der Waals surface area contributed by atoms with Gasteiger partial charge >= 0.3 is 0 Å². The van der Waals surface area contributed by atoms with Crippen LogP contribution in [0.2, 0.25) is 55.2 Å². The average Bonchev–Trinajstić information content (AvgIpc) is 0.822. The van der Waals surface area contributed by atoms with Crippen LogP contribution in [0.15, 0.2) is 219 Å². The molecule has 0 bridgehead atoms. The van der Waals surface area contributed by atoms with E-state index in [1.807, 2.05) is 6.07 Å². The lowest BCUT2D eigenvalue weighted by Crippen LogP contribution is -2.30. The number of aromatic nitrogens is 4. The highest BCUT2D eigenvalue weighted by atomic mass is 35.5. The summed E-state index contributed by atoms with van der Waals surface area (Å²) >= 11 is 66.2. The van der Waals surface area contributed by atoms with Crippen LogP contribution in [0.3, 0.4) is 0 Å². The second kappa shape index (κ2) is 41.0. The maximum atomic E-state index is 14.5. The number of benzene rings is 8. The van der Waals surface area contributed by atoms with E-state index in [0.717, 1.165) is 35.4 Å². The first-order valence-corrected chi connectivity index (χ1v) is 36.3. The number of hydrogen-bond acceptors (Lipinski definition) is 13. The Morgan fingerprint density at radius 1 is 0.319 bits per heavy atom. The fourth-order valence-electron chi connectivity index (χ4n) is 10.5. The van der Waals surface area contributed by atoms with Crippen LogP contribution in [-0.2, 0) is 0 Å². The first-order valence-electron chi connectivity index (χ1n) is 32.1. The third-order valence-corrected chi connectivity index (χ3v) is 18.8. The summed E-state index contributed by atoms with van der Waals surface area (Å²) in [4.78, 5) is 67.7. The van der Waals surface area contributed by atoms with E-state index in [1.165, 1.54) is 73.3 Å². The molecule has 5 N–H and O–H groups in total. The molecule has 4 amide bonds. The van der Waals surface area contributed by atoms with Crippen molar-refractivity contribution in [2.24, 2.45) is 0 Å². The Kier molecular flexibility index (Phi) is 31.8. The van der Waals surface area contributed by atoms with E-state index >= 15 is 0 Å². The summed E-state index contributed by atoms with van der Waals surface area (Å²) in [6.07, 6.45) is 5.56. The number of rotatable bonds is 16. The molecule has 568 valence electrons. The second-order valence-corrected chi connectivity index (χ2v) is 28.2. The minimum atomic E-state index is -0.972. The number of nitriles is 4. The van der Waals surface area contributed by atoms with Crippen molar-refractivity contribution in [1.82, 2.24) is 41.2 Å². The predicted molar refractivity (Wildman–Crippen MR) is 426 cm³/mol. The quantitative estimate of drug-likeness (QED) is 0.0655. The lowest BCUT2D eigenvalue weighted by Gasteiger charge is -2.20. The van der Waals surface area contributed by atoms with Gasteiger partial charge in [0.1, 0.15) is 41.1 Å². The van der Waals surface area contributed by atoms with Crippen LogP contribution in [0.4, 0.5) is 17.6 Å². The van der Waals surface area contributed by atoms with Crippen LogP contribution in [0.25, 0.3) is 0 Å². The normalized spacial score (nSPS) is 11.4. The minimum Gasteiger partial charge on any atom is -0.870 e. The second-order valence-electron chi connectivity index (χ2n) is 23.5. The van der Waals surface area contributed by atoms with Crippen molar-refractivity contribution in [3.05, 3.63) is 393 Å². The molecule has 0 spiro atoms. The van der Waals surface area contributed by atoms with Crippen LogP contribution in [-0.4, -0.2) is 49.0 Å². The molecule has 4 heterocycles. The summed E-state index contributed by atoms with van der Waals surface area (Å²) in [5.41, 5.74) is 5.00. The molecule has 32 heteroatoms. The Hall–Kier alpha value is -10.9. The van der Waals surface area contributed by atoms with E-state index in [2.05, 4.69) is 47.3 Å². The number of nitrogens with zero attached hydrogens (tertiary/aromatic N) is 8. The van der Waals surface area contributed by atoms with Crippen LogP contribution in [0.1, 0.15) is 138 Å². The fraction of sp³-hybridized carbons (Fsp3) is 0.0617. The van der Waals surface area contributed by atoms with Crippen molar-refractivity contribution in [2.75, 3.05) is 0 Å². The molecule has 4 atom stereocenters. The largest absolute Gasteiger partial charge is 0.870 e. The molecule has 0 aliphatic carbocycles. The van der Waals surface area contributed by atoms with Gasteiger partial charge in [0.15, 0.2) is 0 Å². The zero-order valence-corrected chi connectivity index (χ0v) is 65.7. The van der Waals surface area contributed by atoms with Crippen LogP contribution >= 0.6 is 128 Å². The number of amides is 4. The summed E-state index contributed by atoms with van der Waals surface area (Å²) in [5, 5.41) is 50.8. The van der Waals surface area contributed by atoms with E-state index in [4.69, 9.17) is 149 Å². The highest BCUT2D eigenvalue weighted by molar-refractivity contribution is 6.36. The van der Waals surface area contributed by atoms with E-state index in [9.17, 15) is 36.7 Å². The van der Waals surface area contributed by atoms with Gasteiger partial charge in [-0.25, -0.2) is 17.6 Å². The van der Waals surface area contributed by atoms with Gasteiger partial charge in [-0.1, -0.05) is 176 Å². The molecule has 8 aromatic carbocycles. The standard InChI is InChI=1S/C21H14Cl3N3O.2C20H11Cl3FN3O.C20H11Cl2F2N3O.H2O/c1-12-8-14(2-3-15(12)10-25)21(28)27-19(13-4-6-16(22)7-5-13)20-18(24)9-17(23)11-26-20;21-13-4-2-12(3-5-13)18(19-16(23)8-14(22)10-26-19)27-20(28)15-6-1-11(9-25)7-17(15)24;21-14-5-3-11(4-6-14)18(19-16(23)8-15(22)10-26-19)27-20(28)12-1-2-13(9-25)17(24)7-12;21-14-5-3-11(4-6-14)18(19-17(24)8-15(22)10-26-19)27-20(28)12-1-2-13(9-25)16(23)7-12;/h2-9,11,19H,1H3,(H,27,28);3*1-8,10,18H,(H,27,28);1H2/p-1/t19-;3*18-;/m0000./s1. The van der Waals surface area contributed by atoms with Crippen LogP contribution in [0, 0.1) is 75.5 Å². The maximum absolute atomic E-state index is 14.5. The van der Waals surface area contributed by atoms with Gasteiger partial charge in [0.05, 0.1) is 116 Å². The molecule has 12 aromatic rings. The zero-order valence-electron chi connectivity index (χ0n) is 57.4. The Morgan fingerprint density at radius 3 is 0.912 bits per heavy atom. The number of aryl methyl sites for hydroxylation is 1. The van der Waals surface area contributed by atoms with Gasteiger partial charge in [0.2, 0.25) is 0 Å².